The van der Waals surface area contributed by atoms with Crippen molar-refractivity contribution >= 4 is 117 Å². The van der Waals surface area contributed by atoms with Crippen LogP contribution >= 0.6 is 69.6 Å². The van der Waals surface area contributed by atoms with Crippen LogP contribution < -0.4 is 21.3 Å². The van der Waals surface area contributed by atoms with E-state index in [0.29, 0.717) is 52.9 Å². The lowest BCUT2D eigenvalue weighted by Crippen LogP contribution is -2.06. The second-order valence-corrected chi connectivity index (χ2v) is 10.7. The van der Waals surface area contributed by atoms with Gasteiger partial charge in [-0.1, -0.05) is 87.8 Å². The molecule has 0 fully saturated rings. The number of amides is 4. The molecular formula is C28H22Cl6N4O8. The number of hydrogen-bond acceptors (Lipinski definition) is 4. The van der Waals surface area contributed by atoms with Gasteiger partial charge in [-0.3, -0.25) is 21.3 Å². The van der Waals surface area contributed by atoms with E-state index >= 15 is 0 Å². The van der Waals surface area contributed by atoms with E-state index in [1.807, 2.05) is 6.07 Å². The fourth-order valence-corrected chi connectivity index (χ4v) is 4.47. The number of hydrogen-bond donors (Lipinski definition) is 8. The molecule has 0 aromatic heterocycles. The van der Waals surface area contributed by atoms with Crippen LogP contribution in [0.15, 0.2) is 84.9 Å². The van der Waals surface area contributed by atoms with Gasteiger partial charge in [-0.2, -0.15) is 0 Å². The Labute approximate surface area is 291 Å². The average Bonchev–Trinajstić information content (AvgIpc) is 2.87. The second kappa shape index (κ2) is 20.7. The smallest absolute Gasteiger partial charge is 0.409 e. The highest BCUT2D eigenvalue weighted by Gasteiger charge is 2.02. The molecule has 0 saturated heterocycles. The Morgan fingerprint density at radius 2 is 0.587 bits per heavy atom. The molecular weight excluding hydrogens is 733 g/mol. The van der Waals surface area contributed by atoms with E-state index in [4.69, 9.17) is 90.0 Å². The van der Waals surface area contributed by atoms with E-state index in [9.17, 15) is 19.2 Å². The molecule has 0 aliphatic carbocycles. The Balaban J connectivity index is 0.000000307. The van der Waals surface area contributed by atoms with Crippen LogP contribution in [0.25, 0.3) is 0 Å². The lowest BCUT2D eigenvalue weighted by molar-refractivity contribution is 0.208. The summed E-state index contributed by atoms with van der Waals surface area (Å²) in [7, 11) is 0. The third kappa shape index (κ3) is 19.2. The third-order valence-electron chi connectivity index (χ3n) is 4.37. The average molecular weight is 755 g/mol. The second-order valence-electron chi connectivity index (χ2n) is 8.06. The first-order valence-electron chi connectivity index (χ1n) is 12.0. The number of carboxylic acid groups (broad SMARTS) is 4. The molecule has 12 nitrogen and oxygen atoms in total. The van der Waals surface area contributed by atoms with Crippen molar-refractivity contribution in [3.8, 4) is 0 Å². The highest BCUT2D eigenvalue weighted by atomic mass is 35.5. The van der Waals surface area contributed by atoms with Crippen molar-refractivity contribution in [2.45, 2.75) is 0 Å². The van der Waals surface area contributed by atoms with Gasteiger partial charge in [-0.25, -0.2) is 19.2 Å². The topological polar surface area (TPSA) is 197 Å². The minimum atomic E-state index is -1.15. The summed E-state index contributed by atoms with van der Waals surface area (Å²) in [4.78, 5) is 40.6. The van der Waals surface area contributed by atoms with Crippen LogP contribution in [-0.2, 0) is 0 Å². The molecule has 0 aliphatic heterocycles. The molecule has 4 amide bonds. The van der Waals surface area contributed by atoms with Gasteiger partial charge >= 0.3 is 24.4 Å². The largest absolute Gasteiger partial charge is 0.465 e. The molecule has 0 unspecified atom stereocenters. The van der Waals surface area contributed by atoms with E-state index in [-0.39, 0.29) is 0 Å². The Kier molecular flexibility index (Phi) is 17.9. The van der Waals surface area contributed by atoms with Gasteiger partial charge in [0.1, 0.15) is 0 Å². The van der Waals surface area contributed by atoms with Crippen molar-refractivity contribution in [1.82, 2.24) is 0 Å². The van der Waals surface area contributed by atoms with E-state index < -0.39 is 24.4 Å². The summed E-state index contributed by atoms with van der Waals surface area (Å²) < 4.78 is 0. The van der Waals surface area contributed by atoms with Crippen LogP contribution in [0.2, 0.25) is 30.1 Å². The molecule has 0 heterocycles. The maximum absolute atomic E-state index is 10.2. The summed E-state index contributed by atoms with van der Waals surface area (Å²) in [6.45, 7) is 0. The minimum Gasteiger partial charge on any atom is -0.465 e. The summed E-state index contributed by atoms with van der Waals surface area (Å²) in [5.74, 6) is 0. The highest BCUT2D eigenvalue weighted by Crippen LogP contribution is 2.24. The van der Waals surface area contributed by atoms with E-state index in [2.05, 4.69) is 21.3 Å². The van der Waals surface area contributed by atoms with Gasteiger partial charge in [0, 0.05) is 52.9 Å². The van der Waals surface area contributed by atoms with Crippen LogP contribution in [0.4, 0.5) is 41.9 Å². The summed E-state index contributed by atoms with van der Waals surface area (Å²) in [6, 6.07) is 22.2. The normalized spacial score (nSPS) is 9.35. The van der Waals surface area contributed by atoms with Crippen LogP contribution in [0.1, 0.15) is 0 Å². The van der Waals surface area contributed by atoms with Crippen molar-refractivity contribution in [3.63, 3.8) is 0 Å². The van der Waals surface area contributed by atoms with Crippen molar-refractivity contribution in [1.29, 1.82) is 0 Å². The molecule has 0 spiro atoms. The monoisotopic (exact) mass is 752 g/mol. The van der Waals surface area contributed by atoms with Crippen LogP contribution in [0, 0.1) is 0 Å². The number of nitrogens with one attached hydrogen (secondary N) is 4. The van der Waals surface area contributed by atoms with Gasteiger partial charge in [0.2, 0.25) is 0 Å². The number of carbonyl (C=O) groups is 4. The molecule has 4 aromatic rings. The van der Waals surface area contributed by atoms with Gasteiger partial charge in [0.25, 0.3) is 0 Å². The van der Waals surface area contributed by atoms with Crippen molar-refractivity contribution < 1.29 is 39.6 Å². The van der Waals surface area contributed by atoms with Crippen molar-refractivity contribution in [2.75, 3.05) is 21.3 Å². The molecule has 0 bridgehead atoms. The first-order chi connectivity index (χ1) is 21.5. The first kappa shape index (κ1) is 39.7. The molecule has 4 rings (SSSR count). The quantitative estimate of drug-likeness (QED) is 0.101. The fraction of sp³-hybridized carbons (Fsp3) is 0. The van der Waals surface area contributed by atoms with Gasteiger partial charge in [-0.15, -0.1) is 0 Å². The summed E-state index contributed by atoms with van der Waals surface area (Å²) >= 11 is 33.7. The fourth-order valence-electron chi connectivity index (χ4n) is 2.89. The van der Waals surface area contributed by atoms with Gasteiger partial charge in [0.15, 0.2) is 0 Å². The molecule has 18 heteroatoms. The predicted molar refractivity (Wildman–Crippen MR) is 182 cm³/mol. The van der Waals surface area contributed by atoms with Crippen molar-refractivity contribution in [2.24, 2.45) is 0 Å². The summed E-state index contributed by atoms with van der Waals surface area (Å²) in [5, 5.41) is 44.3. The van der Waals surface area contributed by atoms with Crippen LogP contribution in [-0.4, -0.2) is 44.8 Å². The number of anilines is 4. The number of para-hydroxylation sites is 1. The SMILES string of the molecule is O=C(O)Nc1cc(Cl)cc(Cl)c1.O=C(O)Nc1cc(Cl)cc(Cl)c1.O=C(O)Nc1cc(Cl)cc(Cl)c1.O=C(O)Nc1ccccc1. The Morgan fingerprint density at radius 1 is 0.370 bits per heavy atom. The van der Waals surface area contributed by atoms with Crippen LogP contribution in [0.5, 0.6) is 0 Å². The zero-order valence-corrected chi connectivity index (χ0v) is 27.3. The Hall–Kier alpha value is -4.30. The van der Waals surface area contributed by atoms with Gasteiger partial charge in [-0.05, 0) is 66.7 Å². The number of rotatable bonds is 4. The maximum Gasteiger partial charge on any atom is 0.409 e. The molecule has 0 atom stereocenters. The molecule has 8 N–H and O–H groups in total. The highest BCUT2D eigenvalue weighted by molar-refractivity contribution is 6.36. The molecule has 0 saturated carbocycles. The maximum atomic E-state index is 10.2. The molecule has 4 aromatic carbocycles. The standard InChI is InChI=1S/3C7H5Cl2NO2.C7H7NO2/c3*8-4-1-5(9)3-6(2-4)10-7(11)12;9-7(10)8-6-4-2-1-3-5-6/h3*1-3,10H,(H,11,12);1-5,8H,(H,9,10). The third-order valence-corrected chi connectivity index (χ3v) is 5.68. The predicted octanol–water partition coefficient (Wildman–Crippen LogP) is 11.0. The number of benzene rings is 4. The molecule has 46 heavy (non-hydrogen) atoms. The number of halogens is 6. The molecule has 0 aliphatic rings. The Bertz CT molecular complexity index is 1440. The van der Waals surface area contributed by atoms with E-state index in [0.717, 1.165) is 0 Å². The zero-order valence-electron chi connectivity index (χ0n) is 22.8. The van der Waals surface area contributed by atoms with Gasteiger partial charge < -0.3 is 20.4 Å². The first-order valence-corrected chi connectivity index (χ1v) is 14.2. The Morgan fingerprint density at radius 3 is 0.804 bits per heavy atom. The van der Waals surface area contributed by atoms with Crippen LogP contribution in [0.3, 0.4) is 0 Å². The minimum absolute atomic E-state index is 0.361. The summed E-state index contributed by atoms with van der Waals surface area (Å²) in [5.41, 5.74) is 1.68. The molecule has 0 radical (unpaired) electrons. The lowest BCUT2D eigenvalue weighted by atomic mass is 10.3. The lowest BCUT2D eigenvalue weighted by Gasteiger charge is -2.01. The zero-order chi connectivity index (χ0) is 34.8. The van der Waals surface area contributed by atoms with E-state index in [1.165, 1.54) is 54.6 Å². The van der Waals surface area contributed by atoms with Crippen molar-refractivity contribution in [3.05, 3.63) is 115 Å². The molecule has 244 valence electrons. The van der Waals surface area contributed by atoms with E-state index in [1.54, 1.807) is 24.3 Å². The van der Waals surface area contributed by atoms with Gasteiger partial charge in [0.05, 0.1) is 0 Å². The summed E-state index contributed by atoms with van der Waals surface area (Å²) in [6.07, 6.45) is -4.47.